The van der Waals surface area contributed by atoms with Gasteiger partial charge in [0.15, 0.2) is 0 Å². The molecule has 4 heteroatoms. The molecule has 2 heterocycles. The highest BCUT2D eigenvalue weighted by Gasteiger charge is 2.16. The lowest BCUT2D eigenvalue weighted by Gasteiger charge is -2.20. The third kappa shape index (κ3) is 9.33. The van der Waals surface area contributed by atoms with E-state index in [0.29, 0.717) is 0 Å². The molecule has 2 N–H and O–H groups in total. The fourth-order valence-corrected chi connectivity index (χ4v) is 5.66. The fraction of sp³-hybridized carbons (Fsp3) is 0.680. The molecular formula is C25H40O2S2. The summed E-state index contributed by atoms with van der Waals surface area (Å²) in [5.74, 6) is 0. The number of rotatable bonds is 14. The molecule has 0 unspecified atom stereocenters. The second-order valence-electron chi connectivity index (χ2n) is 9.94. The van der Waals surface area contributed by atoms with Gasteiger partial charge in [0.25, 0.3) is 0 Å². The Morgan fingerprint density at radius 2 is 0.897 bits per heavy atom. The zero-order chi connectivity index (χ0) is 21.3. The normalized spacial score (nSPS) is 12.6. The Morgan fingerprint density at radius 1 is 0.586 bits per heavy atom. The molecule has 0 aliphatic rings. The Labute approximate surface area is 186 Å². The summed E-state index contributed by atoms with van der Waals surface area (Å²) >= 11 is 3.93. The first-order valence-corrected chi connectivity index (χ1v) is 12.7. The summed E-state index contributed by atoms with van der Waals surface area (Å²) in [6, 6.07) is 9.20. The van der Waals surface area contributed by atoms with E-state index >= 15 is 0 Å². The first-order chi connectivity index (χ1) is 13.7. The zero-order valence-electron chi connectivity index (χ0n) is 18.8. The van der Waals surface area contributed by atoms with Crippen molar-refractivity contribution in [3.05, 3.63) is 43.8 Å². The molecule has 0 aromatic carbocycles. The van der Waals surface area contributed by atoms with Crippen molar-refractivity contribution in [1.82, 2.24) is 0 Å². The third-order valence-corrected chi connectivity index (χ3v) is 8.10. The lowest BCUT2D eigenvalue weighted by molar-refractivity contribution is 0.148. The highest BCUT2D eigenvalue weighted by Crippen LogP contribution is 2.27. The summed E-state index contributed by atoms with van der Waals surface area (Å²) in [6.07, 6.45) is 10.3. The second-order valence-corrected chi connectivity index (χ2v) is 12.4. The smallest absolute Gasteiger partial charge is 0.0482 e. The molecule has 0 fully saturated rings. The monoisotopic (exact) mass is 436 g/mol. The van der Waals surface area contributed by atoms with E-state index < -0.39 is 0 Å². The summed E-state index contributed by atoms with van der Waals surface area (Å²) in [4.78, 5) is 5.98. The number of aliphatic hydroxyl groups excluding tert-OH is 2. The van der Waals surface area contributed by atoms with E-state index in [-0.39, 0.29) is 24.0 Å². The maximum absolute atomic E-state index is 9.37. The van der Waals surface area contributed by atoms with Crippen molar-refractivity contribution >= 4 is 22.7 Å². The highest BCUT2D eigenvalue weighted by molar-refractivity contribution is 7.12. The van der Waals surface area contributed by atoms with E-state index in [4.69, 9.17) is 0 Å². The Bertz CT molecular complexity index is 652. The van der Waals surface area contributed by atoms with Crippen LogP contribution in [0.4, 0.5) is 0 Å². The van der Waals surface area contributed by atoms with Gasteiger partial charge in [-0.05, 0) is 92.9 Å². The van der Waals surface area contributed by atoms with E-state index in [9.17, 15) is 10.2 Å². The Morgan fingerprint density at radius 3 is 1.21 bits per heavy atom. The van der Waals surface area contributed by atoms with Gasteiger partial charge in [-0.1, -0.05) is 27.7 Å². The number of hydrogen-bond acceptors (Lipinski definition) is 4. The van der Waals surface area contributed by atoms with E-state index in [1.165, 1.54) is 38.8 Å². The van der Waals surface area contributed by atoms with Crippen LogP contribution in [-0.2, 0) is 25.7 Å². The van der Waals surface area contributed by atoms with Gasteiger partial charge in [0.05, 0.1) is 0 Å². The quantitative estimate of drug-likeness (QED) is 0.347. The largest absolute Gasteiger partial charge is 0.396 e. The van der Waals surface area contributed by atoms with Crippen LogP contribution in [0.2, 0.25) is 0 Å². The Kier molecular flexibility index (Phi) is 9.87. The van der Waals surface area contributed by atoms with Gasteiger partial charge in [0.2, 0.25) is 0 Å². The molecule has 0 radical (unpaired) electrons. The molecule has 0 bridgehead atoms. The van der Waals surface area contributed by atoms with Gasteiger partial charge >= 0.3 is 0 Å². The van der Waals surface area contributed by atoms with Gasteiger partial charge in [0, 0.05) is 32.7 Å². The predicted octanol–water partition coefficient (Wildman–Crippen LogP) is 6.67. The van der Waals surface area contributed by atoms with Crippen LogP contribution in [0.25, 0.3) is 0 Å². The fourth-order valence-electron chi connectivity index (χ4n) is 3.46. The minimum absolute atomic E-state index is 0.0503. The molecule has 0 saturated carbocycles. The van der Waals surface area contributed by atoms with Gasteiger partial charge in [-0.25, -0.2) is 0 Å². The van der Waals surface area contributed by atoms with Crippen molar-refractivity contribution in [3.63, 3.8) is 0 Å². The first-order valence-electron chi connectivity index (χ1n) is 11.1. The lowest BCUT2D eigenvalue weighted by atomic mass is 9.88. The summed E-state index contributed by atoms with van der Waals surface area (Å²) in [5.41, 5.74) is 0.101. The lowest BCUT2D eigenvalue weighted by Crippen LogP contribution is -2.16. The summed E-state index contributed by atoms with van der Waals surface area (Å²) in [7, 11) is 0. The molecule has 0 aliphatic heterocycles. The number of thiophene rings is 2. The molecule has 29 heavy (non-hydrogen) atoms. The van der Waals surface area contributed by atoms with E-state index in [1.807, 2.05) is 22.7 Å². The van der Waals surface area contributed by atoms with Crippen molar-refractivity contribution < 1.29 is 10.2 Å². The highest BCUT2D eigenvalue weighted by atomic mass is 32.1. The van der Waals surface area contributed by atoms with Gasteiger partial charge in [-0.3, -0.25) is 0 Å². The molecule has 2 nitrogen and oxygen atoms in total. The molecule has 164 valence electrons. The SMILES string of the molecule is CC(C)(CO)CCCc1ccc(CCCc2ccc(CCCC(C)(C)CO)s2)s1. The third-order valence-electron chi connectivity index (χ3n) is 5.69. The van der Waals surface area contributed by atoms with Gasteiger partial charge in [-0.15, -0.1) is 22.7 Å². The molecule has 0 saturated heterocycles. The van der Waals surface area contributed by atoms with Crippen LogP contribution in [0.5, 0.6) is 0 Å². The standard InChI is InChI=1S/C25H40O2S2/c1-24(2,18-26)16-6-10-22-14-12-20(28-22)8-5-9-21-13-15-23(29-21)11-7-17-25(3,4)19-27/h12-15,26-27H,5-11,16-19H2,1-4H3. The molecule has 2 aromatic rings. The minimum Gasteiger partial charge on any atom is -0.396 e. The Balaban J connectivity index is 1.66. The van der Waals surface area contributed by atoms with Crippen LogP contribution in [0.3, 0.4) is 0 Å². The summed E-state index contributed by atoms with van der Waals surface area (Å²) in [5, 5.41) is 18.7. The molecule has 0 atom stereocenters. The van der Waals surface area contributed by atoms with E-state index in [0.717, 1.165) is 38.5 Å². The van der Waals surface area contributed by atoms with E-state index in [2.05, 4.69) is 52.0 Å². The summed E-state index contributed by atoms with van der Waals surface area (Å²) in [6.45, 7) is 9.09. The average molecular weight is 437 g/mol. The molecule has 2 rings (SSSR count). The van der Waals surface area contributed by atoms with Gasteiger partial charge in [-0.2, -0.15) is 0 Å². The average Bonchev–Trinajstić information content (AvgIpc) is 3.31. The van der Waals surface area contributed by atoms with Crippen LogP contribution in [-0.4, -0.2) is 23.4 Å². The predicted molar refractivity (Wildman–Crippen MR) is 128 cm³/mol. The van der Waals surface area contributed by atoms with Crippen LogP contribution in [0.1, 0.15) is 79.3 Å². The molecular weight excluding hydrogens is 396 g/mol. The molecule has 0 amide bonds. The number of hydrogen-bond donors (Lipinski definition) is 2. The minimum atomic E-state index is 0.0503. The maximum atomic E-state index is 9.37. The molecule has 0 spiro atoms. The van der Waals surface area contributed by atoms with Gasteiger partial charge in [0.1, 0.15) is 0 Å². The van der Waals surface area contributed by atoms with Crippen LogP contribution in [0.15, 0.2) is 24.3 Å². The Hall–Kier alpha value is -0.680. The zero-order valence-corrected chi connectivity index (χ0v) is 20.4. The van der Waals surface area contributed by atoms with Crippen molar-refractivity contribution in [2.24, 2.45) is 10.8 Å². The first kappa shape index (κ1) is 24.6. The van der Waals surface area contributed by atoms with E-state index in [1.54, 1.807) is 0 Å². The van der Waals surface area contributed by atoms with Crippen molar-refractivity contribution in [3.8, 4) is 0 Å². The van der Waals surface area contributed by atoms with Gasteiger partial charge < -0.3 is 10.2 Å². The van der Waals surface area contributed by atoms with Crippen LogP contribution in [0, 0.1) is 10.8 Å². The van der Waals surface area contributed by atoms with Crippen LogP contribution >= 0.6 is 22.7 Å². The molecule has 2 aromatic heterocycles. The van der Waals surface area contributed by atoms with Crippen molar-refractivity contribution in [1.29, 1.82) is 0 Å². The second kappa shape index (κ2) is 11.6. The van der Waals surface area contributed by atoms with Crippen molar-refractivity contribution in [2.45, 2.75) is 85.5 Å². The molecule has 0 aliphatic carbocycles. The van der Waals surface area contributed by atoms with Crippen molar-refractivity contribution in [2.75, 3.05) is 13.2 Å². The number of aryl methyl sites for hydroxylation is 4. The summed E-state index contributed by atoms with van der Waals surface area (Å²) < 4.78 is 0. The topological polar surface area (TPSA) is 40.5 Å². The maximum Gasteiger partial charge on any atom is 0.0482 e. The van der Waals surface area contributed by atoms with Crippen LogP contribution < -0.4 is 0 Å². The number of aliphatic hydroxyl groups is 2.